The first-order chi connectivity index (χ1) is 10.4. The lowest BCUT2D eigenvalue weighted by Gasteiger charge is -2.22. The van der Waals surface area contributed by atoms with Crippen LogP contribution in [0.4, 0.5) is 0 Å². The molecule has 1 aromatic carbocycles. The second kappa shape index (κ2) is 10.1. The van der Waals surface area contributed by atoms with Gasteiger partial charge >= 0.3 is 0 Å². The number of amides is 1. The predicted octanol–water partition coefficient (Wildman–Crippen LogP) is 4.29. The molecule has 0 saturated heterocycles. The van der Waals surface area contributed by atoms with Gasteiger partial charge in [0, 0.05) is 16.8 Å². The van der Waals surface area contributed by atoms with Crippen LogP contribution >= 0.6 is 11.8 Å². The van der Waals surface area contributed by atoms with Crippen molar-refractivity contribution >= 4 is 17.7 Å². The molecule has 23 heavy (non-hydrogen) atoms. The summed E-state index contributed by atoms with van der Waals surface area (Å²) >= 11 is 1.60. The summed E-state index contributed by atoms with van der Waals surface area (Å²) in [5, 5.41) is 2.86. The molecule has 0 bridgehead atoms. The molecule has 0 aliphatic heterocycles. The van der Waals surface area contributed by atoms with E-state index in [9.17, 15) is 4.79 Å². The van der Waals surface area contributed by atoms with Crippen molar-refractivity contribution < 1.29 is 4.79 Å². The molecule has 0 spiro atoms. The Morgan fingerprint density at radius 1 is 1.39 bits per heavy atom. The van der Waals surface area contributed by atoms with E-state index in [1.54, 1.807) is 36.8 Å². The number of nitrogens with zero attached hydrogens (tertiary/aromatic N) is 1. The van der Waals surface area contributed by atoms with Crippen molar-refractivity contribution in [2.45, 2.75) is 26.2 Å². The Bertz CT molecular complexity index is 605. The minimum absolute atomic E-state index is 0. The van der Waals surface area contributed by atoms with Gasteiger partial charge in [-0.25, -0.2) is 0 Å². The molecule has 0 aliphatic carbocycles. The van der Waals surface area contributed by atoms with Crippen molar-refractivity contribution in [2.24, 2.45) is 0 Å². The Morgan fingerprint density at radius 3 is 2.57 bits per heavy atom. The summed E-state index contributed by atoms with van der Waals surface area (Å²) in [5.41, 5.74) is 3.11. The van der Waals surface area contributed by atoms with Crippen molar-refractivity contribution in [1.82, 2.24) is 10.2 Å². The van der Waals surface area contributed by atoms with E-state index in [0.29, 0.717) is 5.70 Å². The van der Waals surface area contributed by atoms with Crippen LogP contribution in [0.3, 0.4) is 0 Å². The Labute approximate surface area is 145 Å². The summed E-state index contributed by atoms with van der Waals surface area (Å²) in [7, 11) is 3.49. The van der Waals surface area contributed by atoms with Gasteiger partial charge < -0.3 is 10.2 Å². The van der Waals surface area contributed by atoms with Gasteiger partial charge in [-0.3, -0.25) is 4.79 Å². The molecule has 0 aromatic heterocycles. The number of hydrogen-bond acceptors (Lipinski definition) is 3. The average molecular weight is 333 g/mol. The number of aryl methyl sites for hydroxylation is 2. The summed E-state index contributed by atoms with van der Waals surface area (Å²) < 4.78 is 0. The van der Waals surface area contributed by atoms with Gasteiger partial charge in [-0.2, -0.15) is 0 Å². The number of thioether (sulfide) groups is 1. The Kier molecular flexibility index (Phi) is 9.30. The molecule has 0 fully saturated rings. The highest BCUT2D eigenvalue weighted by atomic mass is 32.2. The molecule has 0 unspecified atom stereocenters. The van der Waals surface area contributed by atoms with Crippen molar-refractivity contribution in [3.63, 3.8) is 0 Å². The second-order valence-corrected chi connectivity index (χ2v) is 6.15. The molecule has 0 aliphatic rings. The zero-order chi connectivity index (χ0) is 16.7. The minimum atomic E-state index is -0.0244. The summed E-state index contributed by atoms with van der Waals surface area (Å²) in [6.45, 7) is 12.3. The quantitative estimate of drug-likeness (QED) is 0.597. The molecule has 0 heterocycles. The van der Waals surface area contributed by atoms with Gasteiger partial charge in [-0.05, 0) is 38.6 Å². The smallest absolute Gasteiger partial charge is 0.240 e. The molecule has 0 saturated carbocycles. The highest BCUT2D eigenvalue weighted by Crippen LogP contribution is 2.34. The van der Waals surface area contributed by atoms with E-state index < -0.39 is 0 Å². The Hall–Kier alpha value is -1.78. The monoisotopic (exact) mass is 332 g/mol. The van der Waals surface area contributed by atoms with Crippen LogP contribution in [0.25, 0.3) is 0 Å². The van der Waals surface area contributed by atoms with Crippen LogP contribution < -0.4 is 5.32 Å². The lowest BCUT2D eigenvalue weighted by atomic mass is 10.2. The zero-order valence-electron chi connectivity index (χ0n) is 13.8. The molecule has 4 heteroatoms. The molecule has 126 valence electrons. The number of rotatable bonds is 7. The van der Waals surface area contributed by atoms with E-state index >= 15 is 0 Å². The van der Waals surface area contributed by atoms with Crippen molar-refractivity contribution in [1.29, 1.82) is 0 Å². The standard InChI is InChI=1S/C18H24N2OS.CH4/c1-7-8-17(15(4)20(6)18(21)12-19-5)22-16-10-9-13(2)11-14(16)3;/h7-11,19H,1,4,12H2,2-3,5-6H3;1H4/b17-8+;. The molecule has 1 rings (SSSR count). The van der Waals surface area contributed by atoms with E-state index in [1.807, 2.05) is 6.08 Å². The molecule has 0 radical (unpaired) electrons. The van der Waals surface area contributed by atoms with Crippen LogP contribution in [0.2, 0.25) is 0 Å². The average Bonchev–Trinajstić information content (AvgIpc) is 2.48. The second-order valence-electron chi connectivity index (χ2n) is 5.07. The topological polar surface area (TPSA) is 32.3 Å². The predicted molar refractivity (Wildman–Crippen MR) is 103 cm³/mol. The summed E-state index contributed by atoms with van der Waals surface area (Å²) in [4.78, 5) is 15.6. The Balaban J connectivity index is 0.00000484. The first kappa shape index (κ1) is 21.2. The van der Waals surface area contributed by atoms with Crippen LogP contribution in [-0.2, 0) is 4.79 Å². The maximum Gasteiger partial charge on any atom is 0.240 e. The third-order valence-electron chi connectivity index (χ3n) is 3.21. The Morgan fingerprint density at radius 2 is 2.04 bits per heavy atom. The van der Waals surface area contributed by atoms with E-state index in [2.05, 4.69) is 50.5 Å². The minimum Gasteiger partial charge on any atom is -0.314 e. The van der Waals surface area contributed by atoms with E-state index in [0.717, 1.165) is 9.80 Å². The van der Waals surface area contributed by atoms with Gasteiger partial charge in [0.15, 0.2) is 0 Å². The van der Waals surface area contributed by atoms with Crippen molar-refractivity contribution in [3.05, 3.63) is 65.2 Å². The fraction of sp³-hybridized carbons (Fsp3) is 0.316. The molecule has 3 nitrogen and oxygen atoms in total. The van der Waals surface area contributed by atoms with Crippen LogP contribution in [0.1, 0.15) is 18.6 Å². The summed E-state index contributed by atoms with van der Waals surface area (Å²) in [5.74, 6) is -0.0244. The fourth-order valence-corrected chi connectivity index (χ4v) is 2.93. The lowest BCUT2D eigenvalue weighted by molar-refractivity contribution is -0.126. The first-order valence-electron chi connectivity index (χ1n) is 7.09. The number of likely N-dealkylation sites (N-methyl/N-ethyl adjacent to an activating group) is 2. The normalized spacial score (nSPS) is 10.7. The van der Waals surface area contributed by atoms with E-state index in [-0.39, 0.29) is 19.9 Å². The summed E-state index contributed by atoms with van der Waals surface area (Å²) in [6.07, 6.45) is 3.60. The van der Waals surface area contributed by atoms with Crippen LogP contribution in [0.5, 0.6) is 0 Å². The van der Waals surface area contributed by atoms with Gasteiger partial charge in [0.25, 0.3) is 0 Å². The highest BCUT2D eigenvalue weighted by Gasteiger charge is 2.15. The number of carbonyl (C=O) groups is 1. The molecule has 1 aromatic rings. The summed E-state index contributed by atoms with van der Waals surface area (Å²) in [6, 6.07) is 6.32. The number of hydrogen-bond donors (Lipinski definition) is 1. The highest BCUT2D eigenvalue weighted by molar-refractivity contribution is 8.03. The fourth-order valence-electron chi connectivity index (χ4n) is 1.91. The van der Waals surface area contributed by atoms with Crippen LogP contribution in [0, 0.1) is 13.8 Å². The lowest BCUT2D eigenvalue weighted by Crippen LogP contribution is -2.33. The number of nitrogens with one attached hydrogen (secondary N) is 1. The van der Waals surface area contributed by atoms with Crippen LogP contribution in [0.15, 0.2) is 59.0 Å². The third-order valence-corrected chi connectivity index (χ3v) is 4.48. The van der Waals surface area contributed by atoms with Crippen molar-refractivity contribution in [3.8, 4) is 0 Å². The molecule has 1 N–H and O–H groups in total. The largest absolute Gasteiger partial charge is 0.314 e. The SMILES string of the molecule is C.C=C/C=C(/Sc1ccc(C)cc1C)C(=C)N(C)C(=O)CNC. The third kappa shape index (κ3) is 6.08. The maximum atomic E-state index is 12.0. The van der Waals surface area contributed by atoms with Gasteiger partial charge in [-0.15, -0.1) is 0 Å². The molecular weight excluding hydrogens is 304 g/mol. The van der Waals surface area contributed by atoms with Gasteiger partial charge in [0.1, 0.15) is 0 Å². The van der Waals surface area contributed by atoms with E-state index in [4.69, 9.17) is 0 Å². The molecule has 1 amide bonds. The molecule has 0 atom stereocenters. The number of allylic oxidation sites excluding steroid dienone is 2. The van der Waals surface area contributed by atoms with Crippen molar-refractivity contribution in [2.75, 3.05) is 20.6 Å². The first-order valence-corrected chi connectivity index (χ1v) is 7.90. The zero-order valence-corrected chi connectivity index (χ0v) is 14.6. The van der Waals surface area contributed by atoms with Gasteiger partial charge in [0.2, 0.25) is 5.91 Å². The van der Waals surface area contributed by atoms with Gasteiger partial charge in [0.05, 0.1) is 12.2 Å². The van der Waals surface area contributed by atoms with Crippen LogP contribution in [-0.4, -0.2) is 31.4 Å². The number of carbonyl (C=O) groups excluding carboxylic acids is 1. The molecular formula is C19H28N2OS. The maximum absolute atomic E-state index is 12.0. The number of benzene rings is 1. The van der Waals surface area contributed by atoms with E-state index in [1.165, 1.54) is 11.1 Å². The van der Waals surface area contributed by atoms with Gasteiger partial charge in [-0.1, -0.05) is 56.1 Å².